The minimum Gasteiger partial charge on any atom is -0.493 e. The van der Waals surface area contributed by atoms with Gasteiger partial charge in [0.1, 0.15) is 18.2 Å². The van der Waals surface area contributed by atoms with E-state index in [1.807, 2.05) is 51.1 Å². The van der Waals surface area contributed by atoms with Gasteiger partial charge >= 0.3 is 0 Å². The lowest BCUT2D eigenvalue weighted by atomic mass is 10.0. The van der Waals surface area contributed by atoms with Crippen molar-refractivity contribution in [3.05, 3.63) is 105 Å². The smallest absolute Gasteiger partial charge is 0.266 e. The second-order valence-corrected chi connectivity index (χ2v) is 9.18. The summed E-state index contributed by atoms with van der Waals surface area (Å²) in [5.41, 5.74) is 5.32. The third-order valence-electron chi connectivity index (χ3n) is 6.42. The van der Waals surface area contributed by atoms with Crippen LogP contribution in [-0.2, 0) is 11.4 Å². The zero-order chi connectivity index (χ0) is 26.5. The minimum absolute atomic E-state index is 0.0564. The van der Waals surface area contributed by atoms with Crippen LogP contribution in [0, 0.1) is 32.1 Å². The van der Waals surface area contributed by atoms with Gasteiger partial charge in [0, 0.05) is 11.3 Å². The average molecular weight is 511 g/mol. The van der Waals surface area contributed by atoms with Gasteiger partial charge in [0.25, 0.3) is 5.91 Å². The van der Waals surface area contributed by atoms with Crippen molar-refractivity contribution >= 4 is 40.0 Å². The molecule has 0 aromatic heterocycles. The number of carbonyl (C=O) groups is 1. The van der Waals surface area contributed by atoms with Crippen molar-refractivity contribution in [1.29, 1.82) is 5.26 Å². The number of carbonyl (C=O) groups excluding carboxylic acids is 1. The van der Waals surface area contributed by atoms with Gasteiger partial charge in [-0.15, -0.1) is 0 Å². The van der Waals surface area contributed by atoms with Crippen LogP contribution in [0.5, 0.6) is 11.5 Å². The van der Waals surface area contributed by atoms with E-state index >= 15 is 0 Å². The van der Waals surface area contributed by atoms with Gasteiger partial charge in [-0.05, 0) is 78.1 Å². The number of nitriles is 1. The van der Waals surface area contributed by atoms with Crippen molar-refractivity contribution in [1.82, 2.24) is 0 Å². The molecule has 1 amide bonds. The fraction of sp³-hybridized carbons (Fsp3) is 0.161. The van der Waals surface area contributed by atoms with Crippen LogP contribution in [0.4, 0.5) is 5.69 Å². The Morgan fingerprint density at radius 1 is 1.03 bits per heavy atom. The van der Waals surface area contributed by atoms with Crippen molar-refractivity contribution in [2.75, 3.05) is 12.4 Å². The Hall–Kier alpha value is -4.27. The first kappa shape index (κ1) is 25.8. The van der Waals surface area contributed by atoms with E-state index in [0.29, 0.717) is 34.4 Å². The van der Waals surface area contributed by atoms with Crippen LogP contribution < -0.4 is 14.8 Å². The second-order valence-electron chi connectivity index (χ2n) is 8.78. The molecule has 0 spiro atoms. The number of hydrogen-bond acceptors (Lipinski definition) is 4. The van der Waals surface area contributed by atoms with E-state index in [1.54, 1.807) is 18.2 Å². The number of ether oxygens (including phenoxy) is 2. The van der Waals surface area contributed by atoms with Crippen LogP contribution in [0.15, 0.2) is 72.3 Å². The summed E-state index contributed by atoms with van der Waals surface area (Å²) in [6.07, 6.45) is 1.48. The summed E-state index contributed by atoms with van der Waals surface area (Å²) in [7, 11) is 1.52. The van der Waals surface area contributed by atoms with Crippen LogP contribution in [0.3, 0.4) is 0 Å². The highest BCUT2D eigenvalue weighted by molar-refractivity contribution is 6.32. The van der Waals surface area contributed by atoms with Gasteiger partial charge in [0.05, 0.1) is 12.1 Å². The highest BCUT2D eigenvalue weighted by Gasteiger charge is 2.16. The molecule has 4 aromatic carbocycles. The molecule has 4 rings (SSSR count). The van der Waals surface area contributed by atoms with E-state index < -0.39 is 5.91 Å². The van der Waals surface area contributed by atoms with Crippen LogP contribution in [0.2, 0.25) is 5.02 Å². The number of methoxy groups -OCH3 is 1. The molecule has 6 heteroatoms. The molecule has 0 saturated carbocycles. The molecule has 0 bridgehead atoms. The number of anilines is 1. The summed E-state index contributed by atoms with van der Waals surface area (Å²) in [6, 6.07) is 23.3. The zero-order valence-electron chi connectivity index (χ0n) is 21.2. The topological polar surface area (TPSA) is 71.3 Å². The lowest BCUT2D eigenvalue weighted by molar-refractivity contribution is -0.112. The summed E-state index contributed by atoms with van der Waals surface area (Å²) >= 11 is 6.59. The average Bonchev–Trinajstić information content (AvgIpc) is 2.89. The van der Waals surface area contributed by atoms with E-state index in [2.05, 4.69) is 29.6 Å². The standard InChI is InChI=1S/C31H27ClN2O3/c1-19-8-7-11-28(21(19)3)34-31(35)24(17-33)14-22-15-27(32)30(29(16-22)36-4)37-18-26-20(2)12-13-23-9-5-6-10-25(23)26/h5-16H,18H2,1-4H3,(H,34,35)/b24-14+. The van der Waals surface area contributed by atoms with Crippen molar-refractivity contribution < 1.29 is 14.3 Å². The molecule has 0 aliphatic carbocycles. The number of amides is 1. The molecule has 0 saturated heterocycles. The minimum atomic E-state index is -0.502. The first-order valence-electron chi connectivity index (χ1n) is 11.8. The van der Waals surface area contributed by atoms with Crippen molar-refractivity contribution in [2.24, 2.45) is 0 Å². The number of halogens is 1. The zero-order valence-corrected chi connectivity index (χ0v) is 21.9. The van der Waals surface area contributed by atoms with E-state index in [1.165, 1.54) is 13.2 Å². The van der Waals surface area contributed by atoms with Crippen molar-refractivity contribution in [3.63, 3.8) is 0 Å². The molecule has 0 aliphatic heterocycles. The van der Waals surface area contributed by atoms with Crippen LogP contribution in [0.1, 0.15) is 27.8 Å². The third kappa shape index (κ3) is 5.61. The molecular formula is C31H27ClN2O3. The van der Waals surface area contributed by atoms with E-state index in [4.69, 9.17) is 21.1 Å². The Morgan fingerprint density at radius 2 is 1.81 bits per heavy atom. The monoisotopic (exact) mass is 510 g/mol. The van der Waals surface area contributed by atoms with Gasteiger partial charge in [-0.25, -0.2) is 0 Å². The fourth-order valence-corrected chi connectivity index (χ4v) is 4.41. The summed E-state index contributed by atoms with van der Waals surface area (Å²) in [5, 5.41) is 15.0. The fourth-order valence-electron chi connectivity index (χ4n) is 4.14. The van der Waals surface area contributed by atoms with E-state index in [-0.39, 0.29) is 5.57 Å². The maximum atomic E-state index is 12.8. The molecule has 186 valence electrons. The first-order valence-corrected chi connectivity index (χ1v) is 12.2. The second kappa shape index (κ2) is 11.2. The SMILES string of the molecule is COc1cc(/C=C(\C#N)C(=O)Nc2cccc(C)c2C)cc(Cl)c1OCc1c(C)ccc2ccccc12. The predicted octanol–water partition coefficient (Wildman–Crippen LogP) is 7.55. The number of nitrogens with one attached hydrogen (secondary N) is 1. The molecular weight excluding hydrogens is 484 g/mol. The highest BCUT2D eigenvalue weighted by Crippen LogP contribution is 2.38. The van der Waals surface area contributed by atoms with Gasteiger partial charge in [-0.1, -0.05) is 60.1 Å². The molecule has 0 fully saturated rings. The van der Waals surface area contributed by atoms with Gasteiger partial charge in [0.15, 0.2) is 11.5 Å². The van der Waals surface area contributed by atoms with Gasteiger partial charge in [-0.2, -0.15) is 5.26 Å². The molecule has 0 radical (unpaired) electrons. The number of rotatable bonds is 7. The maximum Gasteiger partial charge on any atom is 0.266 e. The van der Waals surface area contributed by atoms with E-state index in [0.717, 1.165) is 33.0 Å². The normalized spacial score (nSPS) is 11.2. The first-order chi connectivity index (χ1) is 17.8. The van der Waals surface area contributed by atoms with Gasteiger partial charge in [-0.3, -0.25) is 4.79 Å². The number of nitrogens with zero attached hydrogens (tertiary/aromatic N) is 1. The van der Waals surface area contributed by atoms with Crippen LogP contribution in [0.25, 0.3) is 16.8 Å². The van der Waals surface area contributed by atoms with Gasteiger partial charge < -0.3 is 14.8 Å². The lowest BCUT2D eigenvalue weighted by Crippen LogP contribution is -2.14. The summed E-state index contributed by atoms with van der Waals surface area (Å²) < 4.78 is 11.7. The van der Waals surface area contributed by atoms with Gasteiger partial charge in [0.2, 0.25) is 0 Å². The van der Waals surface area contributed by atoms with Crippen LogP contribution in [-0.4, -0.2) is 13.0 Å². The predicted molar refractivity (Wildman–Crippen MR) is 149 cm³/mol. The molecule has 0 heterocycles. The van der Waals surface area contributed by atoms with Crippen LogP contribution >= 0.6 is 11.6 Å². The molecule has 0 aliphatic rings. The Labute approximate surface area is 221 Å². The summed E-state index contributed by atoms with van der Waals surface area (Å²) in [6.45, 7) is 6.24. The number of aryl methyl sites for hydroxylation is 2. The van der Waals surface area contributed by atoms with Crippen molar-refractivity contribution in [3.8, 4) is 17.6 Å². The summed E-state index contributed by atoms with van der Waals surface area (Å²) in [5.74, 6) is 0.300. The maximum absolute atomic E-state index is 12.8. The third-order valence-corrected chi connectivity index (χ3v) is 6.70. The Kier molecular flexibility index (Phi) is 7.81. The number of fused-ring (bicyclic) bond motifs is 1. The lowest BCUT2D eigenvalue weighted by Gasteiger charge is -2.16. The number of hydrogen-bond donors (Lipinski definition) is 1. The molecule has 4 aromatic rings. The quantitative estimate of drug-likeness (QED) is 0.206. The molecule has 0 unspecified atom stereocenters. The number of benzene rings is 4. The largest absolute Gasteiger partial charge is 0.493 e. The Balaban J connectivity index is 1.60. The molecule has 0 atom stereocenters. The van der Waals surface area contributed by atoms with Crippen molar-refractivity contribution in [2.45, 2.75) is 27.4 Å². The molecule has 37 heavy (non-hydrogen) atoms. The molecule has 5 nitrogen and oxygen atoms in total. The summed E-state index contributed by atoms with van der Waals surface area (Å²) in [4.78, 5) is 12.8. The van der Waals surface area contributed by atoms with E-state index in [9.17, 15) is 10.1 Å². The molecule has 1 N–H and O–H groups in total. The Morgan fingerprint density at radius 3 is 2.57 bits per heavy atom. The highest BCUT2D eigenvalue weighted by atomic mass is 35.5. The Bertz CT molecular complexity index is 1570.